The van der Waals surface area contributed by atoms with E-state index in [1.807, 2.05) is 47.3 Å². The first-order valence-corrected chi connectivity index (χ1v) is 7.73. The maximum atomic E-state index is 9.61. The summed E-state index contributed by atoms with van der Waals surface area (Å²) in [4.78, 5) is 0. The molecule has 4 nitrogen and oxygen atoms in total. The minimum absolute atomic E-state index is 0.0992. The molecule has 2 N–H and O–H groups in total. The van der Waals surface area contributed by atoms with Crippen LogP contribution in [0.25, 0.3) is 5.69 Å². The molecule has 1 heterocycles. The van der Waals surface area contributed by atoms with Crippen molar-refractivity contribution in [1.82, 2.24) is 15.1 Å². The third-order valence-electron chi connectivity index (χ3n) is 4.47. The minimum atomic E-state index is 0.0992. The molecule has 1 aliphatic carbocycles. The number of aromatic nitrogens is 2. The number of hydrogen-bond donors (Lipinski definition) is 2. The molecule has 2 aromatic rings. The SMILES string of the molecule is OCC1(CNCc2ccn(-c3ccccc3)n2)CCCC1. The average molecular weight is 285 g/mol. The molecule has 1 aromatic carbocycles. The first-order valence-electron chi connectivity index (χ1n) is 7.73. The largest absolute Gasteiger partial charge is 0.396 e. The van der Waals surface area contributed by atoms with E-state index in [-0.39, 0.29) is 5.41 Å². The van der Waals surface area contributed by atoms with E-state index >= 15 is 0 Å². The third-order valence-corrected chi connectivity index (χ3v) is 4.47. The fourth-order valence-electron chi connectivity index (χ4n) is 3.15. The minimum Gasteiger partial charge on any atom is -0.396 e. The summed E-state index contributed by atoms with van der Waals surface area (Å²) in [6.45, 7) is 1.92. The van der Waals surface area contributed by atoms with E-state index in [1.54, 1.807) is 0 Å². The molecule has 1 saturated carbocycles. The quantitative estimate of drug-likeness (QED) is 0.857. The van der Waals surface area contributed by atoms with Gasteiger partial charge in [-0.25, -0.2) is 4.68 Å². The van der Waals surface area contributed by atoms with Crippen LogP contribution in [0.4, 0.5) is 0 Å². The molecular formula is C17H23N3O. The summed E-state index contributed by atoms with van der Waals surface area (Å²) in [7, 11) is 0. The van der Waals surface area contributed by atoms with E-state index in [4.69, 9.17) is 0 Å². The second kappa shape index (κ2) is 6.41. The Morgan fingerprint density at radius 3 is 2.62 bits per heavy atom. The molecule has 21 heavy (non-hydrogen) atoms. The van der Waals surface area contributed by atoms with Crippen LogP contribution in [-0.4, -0.2) is 28.0 Å². The van der Waals surface area contributed by atoms with Crippen LogP contribution in [0.15, 0.2) is 42.6 Å². The van der Waals surface area contributed by atoms with E-state index in [9.17, 15) is 5.11 Å². The summed E-state index contributed by atoms with van der Waals surface area (Å²) in [6, 6.07) is 12.2. The molecule has 1 aliphatic rings. The van der Waals surface area contributed by atoms with Gasteiger partial charge >= 0.3 is 0 Å². The van der Waals surface area contributed by atoms with Gasteiger partial charge in [0.15, 0.2) is 0 Å². The lowest BCUT2D eigenvalue weighted by atomic mass is 9.87. The van der Waals surface area contributed by atoms with Gasteiger partial charge in [0.2, 0.25) is 0 Å². The first-order chi connectivity index (χ1) is 10.3. The standard InChI is InChI=1S/C17H23N3O/c21-14-17(9-4-5-10-17)13-18-12-15-8-11-20(19-15)16-6-2-1-3-7-16/h1-3,6-8,11,18,21H,4-5,9-10,12-14H2. The summed E-state index contributed by atoms with van der Waals surface area (Å²) in [5.74, 6) is 0. The van der Waals surface area contributed by atoms with Gasteiger partial charge in [-0.3, -0.25) is 0 Å². The Morgan fingerprint density at radius 2 is 1.90 bits per heavy atom. The molecule has 0 saturated heterocycles. The van der Waals surface area contributed by atoms with Gasteiger partial charge in [0.25, 0.3) is 0 Å². The number of rotatable bonds is 6. The maximum absolute atomic E-state index is 9.61. The second-order valence-corrected chi connectivity index (χ2v) is 6.06. The van der Waals surface area contributed by atoms with Gasteiger partial charge in [0, 0.05) is 31.3 Å². The van der Waals surface area contributed by atoms with E-state index in [2.05, 4.69) is 10.4 Å². The Bertz CT molecular complexity index is 558. The third kappa shape index (κ3) is 3.34. The number of aliphatic hydroxyl groups is 1. The highest BCUT2D eigenvalue weighted by molar-refractivity contribution is 5.30. The number of nitrogens with zero attached hydrogens (tertiary/aromatic N) is 2. The molecule has 0 atom stereocenters. The van der Waals surface area contributed by atoms with Gasteiger partial charge in [-0.2, -0.15) is 5.10 Å². The smallest absolute Gasteiger partial charge is 0.0766 e. The molecule has 0 unspecified atom stereocenters. The van der Waals surface area contributed by atoms with Crippen LogP contribution in [0.3, 0.4) is 0 Å². The van der Waals surface area contributed by atoms with Crippen molar-refractivity contribution >= 4 is 0 Å². The van der Waals surface area contributed by atoms with Crippen LogP contribution in [0, 0.1) is 5.41 Å². The van der Waals surface area contributed by atoms with Crippen molar-refractivity contribution in [3.63, 3.8) is 0 Å². The zero-order valence-corrected chi connectivity index (χ0v) is 12.3. The number of para-hydroxylation sites is 1. The highest BCUT2D eigenvalue weighted by Crippen LogP contribution is 2.36. The van der Waals surface area contributed by atoms with Crippen molar-refractivity contribution in [2.45, 2.75) is 32.2 Å². The van der Waals surface area contributed by atoms with Crippen LogP contribution in [0.2, 0.25) is 0 Å². The highest BCUT2D eigenvalue weighted by Gasteiger charge is 2.32. The van der Waals surface area contributed by atoms with Gasteiger partial charge in [-0.15, -0.1) is 0 Å². The summed E-state index contributed by atoms with van der Waals surface area (Å²) in [5.41, 5.74) is 2.21. The lowest BCUT2D eigenvalue weighted by molar-refractivity contribution is 0.128. The first kappa shape index (κ1) is 14.3. The average Bonchev–Trinajstić information content (AvgIpc) is 3.18. The van der Waals surface area contributed by atoms with Crippen molar-refractivity contribution in [1.29, 1.82) is 0 Å². The Labute approximate surface area is 125 Å². The van der Waals surface area contributed by atoms with Crippen LogP contribution >= 0.6 is 0 Å². The lowest BCUT2D eigenvalue weighted by Crippen LogP contribution is -2.34. The lowest BCUT2D eigenvalue weighted by Gasteiger charge is -2.26. The predicted octanol–water partition coefficient (Wildman–Crippen LogP) is 2.51. The summed E-state index contributed by atoms with van der Waals surface area (Å²) >= 11 is 0. The molecule has 0 spiro atoms. The number of benzene rings is 1. The van der Waals surface area contributed by atoms with Gasteiger partial charge in [-0.1, -0.05) is 31.0 Å². The van der Waals surface area contributed by atoms with E-state index in [0.29, 0.717) is 6.61 Å². The van der Waals surface area contributed by atoms with Gasteiger partial charge < -0.3 is 10.4 Å². The molecule has 0 aliphatic heterocycles. The van der Waals surface area contributed by atoms with E-state index in [1.165, 1.54) is 12.8 Å². The Kier molecular flexibility index (Phi) is 4.36. The molecule has 0 bridgehead atoms. The van der Waals surface area contributed by atoms with Crippen molar-refractivity contribution in [3.8, 4) is 5.69 Å². The molecule has 0 amide bonds. The topological polar surface area (TPSA) is 50.1 Å². The van der Waals surface area contributed by atoms with Crippen LogP contribution < -0.4 is 5.32 Å². The molecule has 4 heteroatoms. The van der Waals surface area contributed by atoms with Crippen molar-refractivity contribution in [2.24, 2.45) is 5.41 Å². The van der Waals surface area contributed by atoms with Crippen LogP contribution in [0.5, 0.6) is 0 Å². The maximum Gasteiger partial charge on any atom is 0.0766 e. The van der Waals surface area contributed by atoms with E-state index < -0.39 is 0 Å². The molecule has 1 fully saturated rings. The Balaban J connectivity index is 1.56. The molecule has 3 rings (SSSR count). The molecule has 112 valence electrons. The van der Waals surface area contributed by atoms with Crippen LogP contribution in [0.1, 0.15) is 31.4 Å². The van der Waals surface area contributed by atoms with Crippen molar-refractivity contribution in [2.75, 3.05) is 13.2 Å². The zero-order chi connectivity index (χ0) is 14.5. The summed E-state index contributed by atoms with van der Waals surface area (Å²) in [5, 5.41) is 17.7. The Hall–Kier alpha value is -1.65. The van der Waals surface area contributed by atoms with Gasteiger partial charge in [0.1, 0.15) is 0 Å². The van der Waals surface area contributed by atoms with E-state index in [0.717, 1.165) is 37.3 Å². The zero-order valence-electron chi connectivity index (χ0n) is 12.3. The van der Waals surface area contributed by atoms with Gasteiger partial charge in [0.05, 0.1) is 11.4 Å². The van der Waals surface area contributed by atoms with Crippen molar-refractivity contribution in [3.05, 3.63) is 48.3 Å². The fourth-order valence-corrected chi connectivity index (χ4v) is 3.15. The second-order valence-electron chi connectivity index (χ2n) is 6.06. The number of aliphatic hydroxyl groups excluding tert-OH is 1. The number of hydrogen-bond acceptors (Lipinski definition) is 3. The van der Waals surface area contributed by atoms with Crippen molar-refractivity contribution < 1.29 is 5.11 Å². The summed E-state index contributed by atoms with van der Waals surface area (Å²) in [6.07, 6.45) is 6.74. The monoisotopic (exact) mass is 285 g/mol. The number of nitrogens with one attached hydrogen (secondary N) is 1. The Morgan fingerprint density at radius 1 is 1.14 bits per heavy atom. The molecule has 0 radical (unpaired) electrons. The van der Waals surface area contributed by atoms with Crippen LogP contribution in [-0.2, 0) is 6.54 Å². The fraction of sp³-hybridized carbons (Fsp3) is 0.471. The predicted molar refractivity (Wildman–Crippen MR) is 83.3 cm³/mol. The normalized spacial score (nSPS) is 17.2. The molecular weight excluding hydrogens is 262 g/mol. The summed E-state index contributed by atoms with van der Waals surface area (Å²) < 4.78 is 1.90. The highest BCUT2D eigenvalue weighted by atomic mass is 16.3. The van der Waals surface area contributed by atoms with Gasteiger partial charge in [-0.05, 0) is 31.0 Å². The molecule has 1 aromatic heterocycles.